The first kappa shape index (κ1) is 11.7. The molecular formula is C12H17NO2. The molecule has 0 saturated heterocycles. The monoisotopic (exact) mass is 207 g/mol. The molecular weight excluding hydrogens is 190 g/mol. The molecule has 0 heterocycles. The zero-order chi connectivity index (χ0) is 11.5. The maximum Gasteiger partial charge on any atom is 0.303 e. The Morgan fingerprint density at radius 2 is 1.87 bits per heavy atom. The molecule has 2 N–H and O–H groups in total. The van der Waals surface area contributed by atoms with Gasteiger partial charge in [0.15, 0.2) is 0 Å². The van der Waals surface area contributed by atoms with Gasteiger partial charge in [0.1, 0.15) is 6.10 Å². The molecule has 3 heteroatoms. The highest BCUT2D eigenvalue weighted by Crippen LogP contribution is 2.27. The zero-order valence-electron chi connectivity index (χ0n) is 9.36. The lowest BCUT2D eigenvalue weighted by molar-refractivity contribution is -0.149. The molecule has 1 aromatic carbocycles. The average Bonchev–Trinajstić information content (AvgIpc) is 2.14. The molecule has 0 fully saturated rings. The Morgan fingerprint density at radius 3 is 2.27 bits per heavy atom. The third-order valence-corrected chi connectivity index (χ3v) is 2.06. The normalized spacial score (nSPS) is 13.3. The molecule has 0 amide bonds. The number of ether oxygens (including phenoxy) is 1. The molecule has 1 aromatic rings. The van der Waals surface area contributed by atoms with Gasteiger partial charge >= 0.3 is 5.97 Å². The number of carbonyl (C=O) groups is 1. The SMILES string of the molecule is CC(=O)OC(c1ccccc1)C(C)(C)N. The summed E-state index contributed by atoms with van der Waals surface area (Å²) >= 11 is 0. The smallest absolute Gasteiger partial charge is 0.303 e. The molecule has 82 valence electrons. The summed E-state index contributed by atoms with van der Waals surface area (Å²) in [6, 6.07) is 9.53. The molecule has 1 rings (SSSR count). The van der Waals surface area contributed by atoms with E-state index in [1.807, 2.05) is 44.2 Å². The van der Waals surface area contributed by atoms with E-state index in [2.05, 4.69) is 0 Å². The summed E-state index contributed by atoms with van der Waals surface area (Å²) in [6.45, 7) is 5.07. The number of benzene rings is 1. The summed E-state index contributed by atoms with van der Waals surface area (Å²) in [6.07, 6.45) is -0.406. The minimum Gasteiger partial charge on any atom is -0.456 e. The summed E-state index contributed by atoms with van der Waals surface area (Å²) < 4.78 is 5.24. The largest absolute Gasteiger partial charge is 0.456 e. The van der Waals surface area contributed by atoms with Gasteiger partial charge in [0, 0.05) is 6.92 Å². The van der Waals surface area contributed by atoms with Crippen molar-refractivity contribution in [3.05, 3.63) is 35.9 Å². The Morgan fingerprint density at radius 1 is 1.33 bits per heavy atom. The van der Waals surface area contributed by atoms with Crippen LogP contribution in [0.4, 0.5) is 0 Å². The van der Waals surface area contributed by atoms with E-state index >= 15 is 0 Å². The minimum atomic E-state index is -0.590. The van der Waals surface area contributed by atoms with Gasteiger partial charge in [-0.15, -0.1) is 0 Å². The highest BCUT2D eigenvalue weighted by molar-refractivity contribution is 5.66. The summed E-state index contributed by atoms with van der Waals surface area (Å²) in [5.41, 5.74) is 6.31. The van der Waals surface area contributed by atoms with Crippen LogP contribution in [-0.2, 0) is 9.53 Å². The number of rotatable bonds is 3. The average molecular weight is 207 g/mol. The van der Waals surface area contributed by atoms with Gasteiger partial charge in [-0.2, -0.15) is 0 Å². The predicted octanol–water partition coefficient (Wildman–Crippen LogP) is 2.03. The molecule has 0 aliphatic carbocycles. The molecule has 0 spiro atoms. The van der Waals surface area contributed by atoms with Crippen LogP contribution in [0.15, 0.2) is 30.3 Å². The first-order valence-electron chi connectivity index (χ1n) is 4.92. The summed E-state index contributed by atoms with van der Waals surface area (Å²) in [5.74, 6) is -0.317. The van der Waals surface area contributed by atoms with Crippen LogP contribution >= 0.6 is 0 Å². The van der Waals surface area contributed by atoms with Crippen LogP contribution in [0.3, 0.4) is 0 Å². The molecule has 3 nitrogen and oxygen atoms in total. The summed E-state index contributed by atoms with van der Waals surface area (Å²) in [5, 5.41) is 0. The minimum absolute atomic E-state index is 0.317. The molecule has 0 aliphatic heterocycles. The number of hydrogen-bond acceptors (Lipinski definition) is 3. The maximum atomic E-state index is 11.0. The third-order valence-electron chi connectivity index (χ3n) is 2.06. The number of carbonyl (C=O) groups excluding carboxylic acids is 1. The molecule has 0 radical (unpaired) electrons. The van der Waals surface area contributed by atoms with Crippen LogP contribution in [0.2, 0.25) is 0 Å². The van der Waals surface area contributed by atoms with E-state index in [9.17, 15) is 4.79 Å². The van der Waals surface area contributed by atoms with Crippen molar-refractivity contribution in [3.8, 4) is 0 Å². The van der Waals surface area contributed by atoms with E-state index in [1.165, 1.54) is 6.92 Å². The Balaban J connectivity index is 2.97. The maximum absolute atomic E-state index is 11.0. The Labute approximate surface area is 90.2 Å². The first-order chi connectivity index (χ1) is 6.91. The highest BCUT2D eigenvalue weighted by Gasteiger charge is 2.29. The van der Waals surface area contributed by atoms with Crippen LogP contribution in [0, 0.1) is 0 Å². The highest BCUT2D eigenvalue weighted by atomic mass is 16.5. The van der Waals surface area contributed by atoms with E-state index in [-0.39, 0.29) is 5.97 Å². The molecule has 15 heavy (non-hydrogen) atoms. The van der Waals surface area contributed by atoms with Crippen molar-refractivity contribution in [1.82, 2.24) is 0 Å². The van der Waals surface area contributed by atoms with Crippen molar-refractivity contribution >= 4 is 5.97 Å². The van der Waals surface area contributed by atoms with E-state index in [1.54, 1.807) is 0 Å². The standard InChI is InChI=1S/C12H17NO2/c1-9(14)15-11(12(2,3)13)10-7-5-4-6-8-10/h4-8,11H,13H2,1-3H3. The van der Waals surface area contributed by atoms with E-state index in [0.717, 1.165) is 5.56 Å². The number of hydrogen-bond donors (Lipinski definition) is 1. The molecule has 0 bridgehead atoms. The van der Waals surface area contributed by atoms with Crippen molar-refractivity contribution in [1.29, 1.82) is 0 Å². The quantitative estimate of drug-likeness (QED) is 0.771. The van der Waals surface area contributed by atoms with Gasteiger partial charge in [-0.05, 0) is 19.4 Å². The van der Waals surface area contributed by atoms with E-state index in [0.29, 0.717) is 0 Å². The second-order valence-electron chi connectivity index (χ2n) is 4.22. The molecule has 1 unspecified atom stereocenters. The van der Waals surface area contributed by atoms with Crippen molar-refractivity contribution in [2.45, 2.75) is 32.4 Å². The summed E-state index contributed by atoms with van der Waals surface area (Å²) in [4.78, 5) is 11.0. The van der Waals surface area contributed by atoms with Gasteiger partial charge in [-0.1, -0.05) is 30.3 Å². The van der Waals surface area contributed by atoms with Crippen LogP contribution < -0.4 is 5.73 Å². The van der Waals surface area contributed by atoms with Crippen molar-refractivity contribution < 1.29 is 9.53 Å². The number of esters is 1. The van der Waals surface area contributed by atoms with Gasteiger partial charge in [0.05, 0.1) is 5.54 Å². The third kappa shape index (κ3) is 3.36. The number of nitrogens with two attached hydrogens (primary N) is 1. The van der Waals surface area contributed by atoms with Crippen molar-refractivity contribution in [2.75, 3.05) is 0 Å². The fraction of sp³-hybridized carbons (Fsp3) is 0.417. The Kier molecular flexibility index (Phi) is 3.48. The van der Waals surface area contributed by atoms with Crippen LogP contribution in [0.25, 0.3) is 0 Å². The van der Waals surface area contributed by atoms with E-state index < -0.39 is 11.6 Å². The molecule has 0 saturated carbocycles. The fourth-order valence-corrected chi connectivity index (χ4v) is 1.44. The summed E-state index contributed by atoms with van der Waals surface area (Å²) in [7, 11) is 0. The lowest BCUT2D eigenvalue weighted by atomic mass is 9.92. The van der Waals surface area contributed by atoms with Crippen LogP contribution in [0.1, 0.15) is 32.4 Å². The second kappa shape index (κ2) is 4.45. The van der Waals surface area contributed by atoms with E-state index in [4.69, 9.17) is 10.5 Å². The molecule has 0 aliphatic rings. The second-order valence-corrected chi connectivity index (χ2v) is 4.22. The molecule has 0 aromatic heterocycles. The van der Waals surface area contributed by atoms with Gasteiger partial charge < -0.3 is 10.5 Å². The molecule has 1 atom stereocenters. The topological polar surface area (TPSA) is 52.3 Å². The zero-order valence-corrected chi connectivity index (χ0v) is 9.36. The first-order valence-corrected chi connectivity index (χ1v) is 4.92. The van der Waals surface area contributed by atoms with Crippen LogP contribution in [0.5, 0.6) is 0 Å². The Bertz CT molecular complexity index is 327. The van der Waals surface area contributed by atoms with Crippen molar-refractivity contribution in [2.24, 2.45) is 5.73 Å². The van der Waals surface area contributed by atoms with Crippen molar-refractivity contribution in [3.63, 3.8) is 0 Å². The lowest BCUT2D eigenvalue weighted by Gasteiger charge is -2.30. The van der Waals surface area contributed by atoms with Crippen LogP contribution in [-0.4, -0.2) is 11.5 Å². The van der Waals surface area contributed by atoms with Gasteiger partial charge in [-0.25, -0.2) is 0 Å². The predicted molar refractivity (Wildman–Crippen MR) is 59.2 cm³/mol. The Hall–Kier alpha value is -1.35. The fourth-order valence-electron chi connectivity index (χ4n) is 1.44. The van der Waals surface area contributed by atoms with Gasteiger partial charge in [0.25, 0.3) is 0 Å². The van der Waals surface area contributed by atoms with Gasteiger partial charge in [-0.3, -0.25) is 4.79 Å². The lowest BCUT2D eigenvalue weighted by Crippen LogP contribution is -2.41. The van der Waals surface area contributed by atoms with Gasteiger partial charge in [0.2, 0.25) is 0 Å².